The van der Waals surface area contributed by atoms with Crippen molar-refractivity contribution in [2.75, 3.05) is 5.32 Å². The van der Waals surface area contributed by atoms with Crippen LogP contribution < -0.4 is 5.32 Å². The van der Waals surface area contributed by atoms with Crippen LogP contribution in [0.2, 0.25) is 5.02 Å². The van der Waals surface area contributed by atoms with Crippen LogP contribution in [-0.4, -0.2) is 21.1 Å². The van der Waals surface area contributed by atoms with Crippen LogP contribution in [0.4, 0.5) is 5.69 Å². The van der Waals surface area contributed by atoms with Crippen LogP contribution in [0.1, 0.15) is 10.4 Å². The lowest BCUT2D eigenvalue weighted by molar-refractivity contribution is 0.102. The summed E-state index contributed by atoms with van der Waals surface area (Å²) in [6, 6.07) is 7.06. The van der Waals surface area contributed by atoms with E-state index in [1.54, 1.807) is 18.3 Å². The first-order chi connectivity index (χ1) is 9.24. The highest BCUT2D eigenvalue weighted by Gasteiger charge is 2.10. The number of rotatable bonds is 2. The third kappa shape index (κ3) is 2.28. The molecule has 0 radical (unpaired) electrons. The lowest BCUT2D eigenvalue weighted by Crippen LogP contribution is -2.12. The summed E-state index contributed by atoms with van der Waals surface area (Å²) in [7, 11) is 0. The first-order valence-electron chi connectivity index (χ1n) is 5.58. The Bertz CT molecular complexity index is 753. The summed E-state index contributed by atoms with van der Waals surface area (Å²) in [5.74, 6) is -0.291. The highest BCUT2D eigenvalue weighted by Crippen LogP contribution is 2.19. The van der Waals surface area contributed by atoms with Crippen molar-refractivity contribution in [3.05, 3.63) is 53.4 Å². The fourth-order valence-corrected chi connectivity index (χ4v) is 1.95. The van der Waals surface area contributed by atoms with E-state index in [0.29, 0.717) is 16.3 Å². The number of aromatic nitrogens is 3. The fourth-order valence-electron chi connectivity index (χ4n) is 1.76. The molecule has 0 aliphatic carbocycles. The third-order valence-corrected chi connectivity index (χ3v) is 3.04. The van der Waals surface area contributed by atoms with Crippen LogP contribution in [0.25, 0.3) is 10.9 Å². The molecule has 0 aliphatic rings. The van der Waals surface area contributed by atoms with E-state index in [1.165, 1.54) is 12.4 Å². The molecule has 0 saturated heterocycles. The zero-order valence-electron chi connectivity index (χ0n) is 9.72. The summed E-state index contributed by atoms with van der Waals surface area (Å²) < 4.78 is 0. The van der Waals surface area contributed by atoms with E-state index < -0.39 is 0 Å². The average molecular weight is 273 g/mol. The molecule has 0 saturated carbocycles. The second kappa shape index (κ2) is 4.70. The van der Waals surface area contributed by atoms with Gasteiger partial charge in [-0.3, -0.25) is 14.9 Å². The smallest absolute Gasteiger partial charge is 0.258 e. The Morgan fingerprint density at radius 2 is 2.16 bits per heavy atom. The van der Waals surface area contributed by atoms with E-state index in [9.17, 15) is 4.79 Å². The number of hydrogen-bond donors (Lipinski definition) is 2. The van der Waals surface area contributed by atoms with E-state index >= 15 is 0 Å². The Hall–Kier alpha value is -2.40. The van der Waals surface area contributed by atoms with Crippen LogP contribution in [-0.2, 0) is 0 Å². The summed E-state index contributed by atoms with van der Waals surface area (Å²) in [5, 5.41) is 10.8. The van der Waals surface area contributed by atoms with Crippen LogP contribution in [0, 0.1) is 0 Å². The molecule has 0 fully saturated rings. The molecule has 6 heteroatoms. The maximum Gasteiger partial charge on any atom is 0.258 e. The molecule has 0 aliphatic heterocycles. The molecule has 3 aromatic rings. The Kier molecular flexibility index (Phi) is 2.89. The Labute approximate surface area is 113 Å². The number of amides is 1. The molecule has 2 aromatic heterocycles. The second-order valence-corrected chi connectivity index (χ2v) is 4.39. The zero-order valence-corrected chi connectivity index (χ0v) is 10.5. The van der Waals surface area contributed by atoms with E-state index in [-0.39, 0.29) is 5.91 Å². The van der Waals surface area contributed by atoms with E-state index in [1.807, 2.05) is 12.1 Å². The van der Waals surface area contributed by atoms with Gasteiger partial charge in [-0.15, -0.1) is 0 Å². The molecule has 1 aromatic carbocycles. The van der Waals surface area contributed by atoms with Gasteiger partial charge >= 0.3 is 0 Å². The van der Waals surface area contributed by atoms with Crippen molar-refractivity contribution in [1.29, 1.82) is 0 Å². The number of H-pyrrole nitrogens is 1. The first kappa shape index (κ1) is 11.7. The highest BCUT2D eigenvalue weighted by molar-refractivity contribution is 6.34. The summed E-state index contributed by atoms with van der Waals surface area (Å²) in [4.78, 5) is 15.9. The minimum atomic E-state index is -0.291. The molecule has 19 heavy (non-hydrogen) atoms. The minimum Gasteiger partial charge on any atom is -0.322 e. The van der Waals surface area contributed by atoms with E-state index in [2.05, 4.69) is 20.5 Å². The fraction of sp³-hybridized carbons (Fsp3) is 0. The summed E-state index contributed by atoms with van der Waals surface area (Å²) >= 11 is 5.95. The van der Waals surface area contributed by atoms with Crippen LogP contribution in [0.5, 0.6) is 0 Å². The number of nitrogens with one attached hydrogen (secondary N) is 2. The number of pyridine rings is 1. The SMILES string of the molecule is O=C(Nc1ccc2[nH]ncc2c1)c1cnccc1Cl. The van der Waals surface area contributed by atoms with Gasteiger partial charge in [-0.2, -0.15) is 5.10 Å². The van der Waals surface area contributed by atoms with Gasteiger partial charge in [-0.1, -0.05) is 11.6 Å². The molecule has 5 nitrogen and oxygen atoms in total. The third-order valence-electron chi connectivity index (χ3n) is 2.71. The molecular formula is C13H9ClN4O. The van der Waals surface area contributed by atoms with Crippen molar-refractivity contribution in [2.24, 2.45) is 0 Å². The van der Waals surface area contributed by atoms with Gasteiger partial charge < -0.3 is 5.32 Å². The number of aromatic amines is 1. The van der Waals surface area contributed by atoms with Crippen molar-refractivity contribution in [1.82, 2.24) is 15.2 Å². The maximum atomic E-state index is 12.1. The number of benzene rings is 1. The molecule has 0 bridgehead atoms. The number of halogens is 1. The topological polar surface area (TPSA) is 70.7 Å². The van der Waals surface area contributed by atoms with Crippen LogP contribution in [0.15, 0.2) is 42.9 Å². The minimum absolute atomic E-state index is 0.291. The zero-order chi connectivity index (χ0) is 13.2. The molecule has 94 valence electrons. The van der Waals surface area contributed by atoms with Gasteiger partial charge in [0.1, 0.15) is 0 Å². The number of carbonyl (C=O) groups excluding carboxylic acids is 1. The van der Waals surface area contributed by atoms with E-state index in [4.69, 9.17) is 11.6 Å². The van der Waals surface area contributed by atoms with Gasteiger partial charge in [-0.25, -0.2) is 0 Å². The van der Waals surface area contributed by atoms with Crippen LogP contribution >= 0.6 is 11.6 Å². The van der Waals surface area contributed by atoms with Crippen LogP contribution in [0.3, 0.4) is 0 Å². The van der Waals surface area contributed by atoms with Gasteiger partial charge in [0.15, 0.2) is 0 Å². The highest BCUT2D eigenvalue weighted by atomic mass is 35.5. The molecule has 1 amide bonds. The quantitative estimate of drug-likeness (QED) is 0.753. The Morgan fingerprint density at radius 1 is 1.26 bits per heavy atom. The number of anilines is 1. The maximum absolute atomic E-state index is 12.1. The predicted molar refractivity (Wildman–Crippen MR) is 73.3 cm³/mol. The number of fused-ring (bicyclic) bond motifs is 1. The molecule has 2 heterocycles. The van der Waals surface area contributed by atoms with E-state index in [0.717, 1.165) is 10.9 Å². The number of nitrogens with zero attached hydrogens (tertiary/aromatic N) is 2. The summed E-state index contributed by atoms with van der Waals surface area (Å²) in [6.07, 6.45) is 4.67. The molecular weight excluding hydrogens is 264 g/mol. The standard InChI is InChI=1S/C13H9ClN4O/c14-11-3-4-15-7-10(11)13(19)17-9-1-2-12-8(5-9)6-16-18-12/h1-7H,(H,16,18)(H,17,19). The predicted octanol–water partition coefficient (Wildman–Crippen LogP) is 2.86. The summed E-state index contributed by atoms with van der Waals surface area (Å²) in [5.41, 5.74) is 1.94. The van der Waals surface area contributed by atoms with Gasteiger partial charge in [0.25, 0.3) is 5.91 Å². The normalized spacial score (nSPS) is 10.6. The van der Waals surface area contributed by atoms with Crippen molar-refractivity contribution >= 4 is 34.1 Å². The number of hydrogen-bond acceptors (Lipinski definition) is 3. The Morgan fingerprint density at radius 3 is 3.00 bits per heavy atom. The molecule has 3 rings (SSSR count). The first-order valence-corrected chi connectivity index (χ1v) is 5.96. The van der Waals surface area contributed by atoms with Gasteiger partial charge in [0, 0.05) is 23.5 Å². The molecule has 2 N–H and O–H groups in total. The largest absolute Gasteiger partial charge is 0.322 e. The lowest BCUT2D eigenvalue weighted by atomic mass is 10.2. The number of carbonyl (C=O) groups is 1. The average Bonchev–Trinajstić information content (AvgIpc) is 2.86. The molecule has 0 atom stereocenters. The van der Waals surface area contributed by atoms with Gasteiger partial charge in [-0.05, 0) is 24.3 Å². The monoisotopic (exact) mass is 272 g/mol. The lowest BCUT2D eigenvalue weighted by Gasteiger charge is -2.06. The van der Waals surface area contributed by atoms with Crippen molar-refractivity contribution in [2.45, 2.75) is 0 Å². The summed E-state index contributed by atoms with van der Waals surface area (Å²) in [6.45, 7) is 0. The Balaban J connectivity index is 1.88. The van der Waals surface area contributed by atoms with Crippen molar-refractivity contribution in [3.63, 3.8) is 0 Å². The second-order valence-electron chi connectivity index (χ2n) is 3.98. The van der Waals surface area contributed by atoms with Crippen molar-refractivity contribution < 1.29 is 4.79 Å². The molecule has 0 spiro atoms. The molecule has 0 unspecified atom stereocenters. The van der Waals surface area contributed by atoms with Gasteiger partial charge in [0.2, 0.25) is 0 Å². The van der Waals surface area contributed by atoms with Gasteiger partial charge in [0.05, 0.1) is 22.3 Å². The van der Waals surface area contributed by atoms with Crippen molar-refractivity contribution in [3.8, 4) is 0 Å².